The van der Waals surface area contributed by atoms with Gasteiger partial charge in [-0.2, -0.15) is 4.68 Å². The molecular formula is C14H17N3O4S. The van der Waals surface area contributed by atoms with Gasteiger partial charge < -0.3 is 14.1 Å². The molecule has 22 heavy (non-hydrogen) atoms. The predicted molar refractivity (Wildman–Crippen MR) is 80.7 cm³/mol. The molecule has 1 aliphatic rings. The monoisotopic (exact) mass is 323 g/mol. The molecule has 2 atom stereocenters. The number of rotatable bonds is 3. The van der Waals surface area contributed by atoms with E-state index in [1.807, 2.05) is 31.4 Å². The highest BCUT2D eigenvalue weighted by atomic mass is 32.1. The van der Waals surface area contributed by atoms with Crippen molar-refractivity contribution in [2.45, 2.75) is 32.5 Å². The van der Waals surface area contributed by atoms with E-state index in [0.29, 0.717) is 13.2 Å². The van der Waals surface area contributed by atoms with Gasteiger partial charge in [0, 0.05) is 6.54 Å². The molecule has 0 radical (unpaired) electrons. The average molecular weight is 323 g/mol. The lowest BCUT2D eigenvalue weighted by Gasteiger charge is -2.36. The van der Waals surface area contributed by atoms with Gasteiger partial charge in [-0.1, -0.05) is 6.07 Å². The highest BCUT2D eigenvalue weighted by molar-refractivity contribution is 7.13. The second-order valence-electron chi connectivity index (χ2n) is 5.35. The van der Waals surface area contributed by atoms with Crippen LogP contribution in [-0.2, 0) is 16.1 Å². The standard InChI is InChI=1S/C14H17N3O4S/c1-9-8-20-10(2)6-16(9)12(18)7-17-14(19)21-13(15-17)11-4-3-5-22-11/h3-5,9-10H,6-8H2,1-2H3/t9-,10-/m0/s1. The van der Waals surface area contributed by atoms with E-state index in [-0.39, 0.29) is 30.5 Å². The third-order valence-electron chi connectivity index (χ3n) is 3.55. The molecule has 118 valence electrons. The first-order valence-electron chi connectivity index (χ1n) is 7.07. The Morgan fingerprint density at radius 1 is 1.50 bits per heavy atom. The predicted octanol–water partition coefficient (Wildman–Crippen LogP) is 1.20. The summed E-state index contributed by atoms with van der Waals surface area (Å²) in [5, 5.41) is 5.97. The first-order valence-corrected chi connectivity index (χ1v) is 7.95. The molecule has 3 heterocycles. The third kappa shape index (κ3) is 2.97. The fourth-order valence-corrected chi connectivity index (χ4v) is 3.02. The minimum Gasteiger partial charge on any atom is -0.387 e. The topological polar surface area (TPSA) is 77.6 Å². The van der Waals surface area contributed by atoms with Gasteiger partial charge in [-0.15, -0.1) is 16.4 Å². The lowest BCUT2D eigenvalue weighted by Crippen LogP contribution is -2.51. The van der Waals surface area contributed by atoms with Crippen molar-refractivity contribution in [3.63, 3.8) is 0 Å². The third-order valence-corrected chi connectivity index (χ3v) is 4.41. The Bertz CT molecular complexity index is 706. The molecule has 2 aromatic rings. The van der Waals surface area contributed by atoms with Crippen LogP contribution in [0.2, 0.25) is 0 Å². The van der Waals surface area contributed by atoms with Gasteiger partial charge in [0.1, 0.15) is 6.54 Å². The van der Waals surface area contributed by atoms with Crippen LogP contribution in [0.25, 0.3) is 10.8 Å². The summed E-state index contributed by atoms with van der Waals surface area (Å²) >= 11 is 1.43. The normalized spacial score (nSPS) is 22.0. The van der Waals surface area contributed by atoms with Crippen LogP contribution in [0.5, 0.6) is 0 Å². The van der Waals surface area contributed by atoms with Gasteiger partial charge in [0.15, 0.2) is 0 Å². The van der Waals surface area contributed by atoms with Crippen LogP contribution in [0.1, 0.15) is 13.8 Å². The van der Waals surface area contributed by atoms with Crippen molar-refractivity contribution in [2.24, 2.45) is 0 Å². The molecule has 0 N–H and O–H groups in total. The maximum Gasteiger partial charge on any atom is 0.437 e. The molecule has 1 fully saturated rings. The van der Waals surface area contributed by atoms with Crippen molar-refractivity contribution in [2.75, 3.05) is 13.2 Å². The Morgan fingerprint density at radius 2 is 2.32 bits per heavy atom. The number of carbonyl (C=O) groups excluding carboxylic acids is 1. The number of nitrogens with zero attached hydrogens (tertiary/aromatic N) is 3. The molecule has 1 amide bonds. The van der Waals surface area contributed by atoms with Crippen LogP contribution < -0.4 is 5.76 Å². The van der Waals surface area contributed by atoms with E-state index in [1.165, 1.54) is 11.3 Å². The van der Waals surface area contributed by atoms with Crippen LogP contribution in [-0.4, -0.2) is 45.9 Å². The summed E-state index contributed by atoms with van der Waals surface area (Å²) in [5.41, 5.74) is 0. The summed E-state index contributed by atoms with van der Waals surface area (Å²) in [6, 6.07) is 3.65. The number of morpholine rings is 1. The average Bonchev–Trinajstić information content (AvgIpc) is 3.12. The molecule has 7 nitrogen and oxygen atoms in total. The number of carbonyl (C=O) groups is 1. The second kappa shape index (κ2) is 6.05. The van der Waals surface area contributed by atoms with Crippen LogP contribution in [0.15, 0.2) is 26.7 Å². The molecule has 0 aliphatic carbocycles. The Balaban J connectivity index is 1.75. The largest absolute Gasteiger partial charge is 0.437 e. The Morgan fingerprint density at radius 3 is 3.05 bits per heavy atom. The van der Waals surface area contributed by atoms with Crippen molar-refractivity contribution in [1.29, 1.82) is 0 Å². The molecule has 0 unspecified atom stereocenters. The van der Waals surface area contributed by atoms with E-state index in [1.54, 1.807) is 4.90 Å². The second-order valence-corrected chi connectivity index (χ2v) is 6.29. The lowest BCUT2D eigenvalue weighted by atomic mass is 10.2. The zero-order valence-corrected chi connectivity index (χ0v) is 13.2. The van der Waals surface area contributed by atoms with Crippen molar-refractivity contribution in [3.8, 4) is 10.8 Å². The van der Waals surface area contributed by atoms with Gasteiger partial charge in [-0.05, 0) is 25.3 Å². The van der Waals surface area contributed by atoms with E-state index >= 15 is 0 Å². The fourth-order valence-electron chi connectivity index (χ4n) is 2.38. The van der Waals surface area contributed by atoms with Crippen LogP contribution in [0.3, 0.4) is 0 Å². The maximum absolute atomic E-state index is 12.4. The molecule has 3 rings (SSSR count). The highest BCUT2D eigenvalue weighted by Crippen LogP contribution is 2.21. The van der Waals surface area contributed by atoms with Gasteiger partial charge in [-0.3, -0.25) is 4.79 Å². The number of aromatic nitrogens is 2. The summed E-state index contributed by atoms with van der Waals surface area (Å²) in [5.74, 6) is -0.530. The summed E-state index contributed by atoms with van der Waals surface area (Å²) in [4.78, 5) is 26.7. The van der Waals surface area contributed by atoms with E-state index in [0.717, 1.165) is 9.56 Å². The molecule has 0 saturated carbocycles. The van der Waals surface area contributed by atoms with Crippen LogP contribution in [0, 0.1) is 0 Å². The maximum atomic E-state index is 12.4. The highest BCUT2D eigenvalue weighted by Gasteiger charge is 2.28. The summed E-state index contributed by atoms with van der Waals surface area (Å²) in [7, 11) is 0. The van der Waals surface area contributed by atoms with Crippen LogP contribution >= 0.6 is 11.3 Å². The Kier molecular flexibility index (Phi) is 4.12. The van der Waals surface area contributed by atoms with E-state index in [2.05, 4.69) is 5.10 Å². The molecule has 1 aliphatic heterocycles. The Hall–Kier alpha value is -1.93. The van der Waals surface area contributed by atoms with Gasteiger partial charge in [0.25, 0.3) is 5.89 Å². The molecule has 0 spiro atoms. The van der Waals surface area contributed by atoms with Gasteiger partial charge >= 0.3 is 5.76 Å². The SMILES string of the molecule is C[C@H]1CN(C(=O)Cn2nc(-c3cccs3)oc2=O)[C@@H](C)CO1. The first kappa shape index (κ1) is 15.0. The molecular weight excluding hydrogens is 306 g/mol. The number of thiophene rings is 1. The van der Waals surface area contributed by atoms with E-state index < -0.39 is 5.76 Å². The first-order chi connectivity index (χ1) is 10.5. The van der Waals surface area contributed by atoms with Gasteiger partial charge in [0.05, 0.1) is 23.6 Å². The Labute approximate surface area is 131 Å². The van der Waals surface area contributed by atoms with Gasteiger partial charge in [0.2, 0.25) is 5.91 Å². The zero-order valence-electron chi connectivity index (χ0n) is 12.4. The summed E-state index contributed by atoms with van der Waals surface area (Å²) in [6.07, 6.45) is -0.00383. The smallest absolute Gasteiger partial charge is 0.387 e. The molecule has 0 bridgehead atoms. The zero-order chi connectivity index (χ0) is 15.7. The molecule has 8 heteroatoms. The van der Waals surface area contributed by atoms with Crippen molar-refractivity contribution < 1.29 is 13.9 Å². The quantitative estimate of drug-likeness (QED) is 0.848. The number of ether oxygens (including phenoxy) is 1. The number of amides is 1. The van der Waals surface area contributed by atoms with Crippen LogP contribution in [0.4, 0.5) is 0 Å². The minimum atomic E-state index is -0.620. The van der Waals surface area contributed by atoms with Crippen molar-refractivity contribution in [1.82, 2.24) is 14.7 Å². The van der Waals surface area contributed by atoms with E-state index in [4.69, 9.17) is 9.15 Å². The molecule has 2 aromatic heterocycles. The van der Waals surface area contributed by atoms with Gasteiger partial charge in [-0.25, -0.2) is 4.79 Å². The van der Waals surface area contributed by atoms with Crippen molar-refractivity contribution >= 4 is 17.2 Å². The minimum absolute atomic E-state index is 0.00383. The lowest BCUT2D eigenvalue weighted by molar-refractivity contribution is -0.144. The van der Waals surface area contributed by atoms with Crippen molar-refractivity contribution in [3.05, 3.63) is 28.1 Å². The fraction of sp³-hybridized carbons (Fsp3) is 0.500. The van der Waals surface area contributed by atoms with E-state index in [9.17, 15) is 9.59 Å². The molecule has 0 aromatic carbocycles. The summed E-state index contributed by atoms with van der Waals surface area (Å²) in [6.45, 7) is 4.74. The number of hydrogen-bond acceptors (Lipinski definition) is 6. The summed E-state index contributed by atoms with van der Waals surface area (Å²) < 4.78 is 11.7. The molecule has 1 saturated heterocycles. The number of hydrogen-bond donors (Lipinski definition) is 0.